The van der Waals surface area contributed by atoms with Gasteiger partial charge in [0, 0.05) is 19.1 Å². The van der Waals surface area contributed by atoms with Gasteiger partial charge in [-0.1, -0.05) is 6.07 Å². The van der Waals surface area contributed by atoms with Crippen molar-refractivity contribution in [2.75, 3.05) is 20.1 Å². The molecule has 1 fully saturated rings. The Morgan fingerprint density at radius 2 is 2.33 bits per heavy atom. The number of nitrogens with zero attached hydrogens (tertiary/aromatic N) is 2. The van der Waals surface area contributed by atoms with Crippen LogP contribution in [0.1, 0.15) is 29.5 Å². The van der Waals surface area contributed by atoms with Crippen LogP contribution in [0.15, 0.2) is 18.2 Å². The summed E-state index contributed by atoms with van der Waals surface area (Å²) in [5.74, 6) is 0. The average molecular weight is 243 g/mol. The maximum atomic E-state index is 8.88. The molecule has 2 rings (SSSR count). The number of nitriles is 1. The fourth-order valence-electron chi connectivity index (χ4n) is 2.73. The third-order valence-electron chi connectivity index (χ3n) is 3.78. The molecule has 0 spiro atoms. The van der Waals surface area contributed by atoms with E-state index in [4.69, 9.17) is 5.26 Å². The summed E-state index contributed by atoms with van der Waals surface area (Å²) in [7, 11) is 2.02. The molecule has 96 valence electrons. The van der Waals surface area contributed by atoms with Crippen LogP contribution in [-0.2, 0) is 6.54 Å². The van der Waals surface area contributed by atoms with Crippen molar-refractivity contribution in [3.8, 4) is 6.07 Å². The van der Waals surface area contributed by atoms with Gasteiger partial charge in [0.1, 0.15) is 0 Å². The lowest BCUT2D eigenvalue weighted by Gasteiger charge is -2.25. The van der Waals surface area contributed by atoms with Crippen LogP contribution >= 0.6 is 0 Å². The van der Waals surface area contributed by atoms with Crippen LogP contribution in [0.25, 0.3) is 0 Å². The standard InChI is InChI=1S/C15H21N3/c1-12-8-13(9-16)5-6-14(12)11-18-7-3-4-15(18)10-17-2/h5-6,8,15,17H,3-4,7,10-11H2,1-2H3. The van der Waals surface area contributed by atoms with Crippen LogP contribution in [0.2, 0.25) is 0 Å². The minimum atomic E-state index is 0.657. The van der Waals surface area contributed by atoms with E-state index in [0.717, 1.165) is 18.7 Å². The van der Waals surface area contributed by atoms with Gasteiger partial charge in [-0.15, -0.1) is 0 Å². The van der Waals surface area contributed by atoms with E-state index in [-0.39, 0.29) is 0 Å². The van der Waals surface area contributed by atoms with Crippen molar-refractivity contribution in [2.45, 2.75) is 32.4 Å². The van der Waals surface area contributed by atoms with Crippen molar-refractivity contribution in [1.82, 2.24) is 10.2 Å². The largest absolute Gasteiger partial charge is 0.318 e. The molecule has 1 unspecified atom stereocenters. The molecule has 0 amide bonds. The predicted molar refractivity (Wildman–Crippen MR) is 73.3 cm³/mol. The lowest BCUT2D eigenvalue weighted by Crippen LogP contribution is -2.36. The SMILES string of the molecule is CNCC1CCCN1Cc1ccc(C#N)cc1C. The van der Waals surface area contributed by atoms with Crippen LogP contribution in [0.5, 0.6) is 0 Å². The van der Waals surface area contributed by atoms with Gasteiger partial charge in [-0.2, -0.15) is 5.26 Å². The molecule has 1 aromatic rings. The quantitative estimate of drug-likeness (QED) is 0.879. The number of nitrogens with one attached hydrogen (secondary N) is 1. The minimum absolute atomic E-state index is 0.657. The molecule has 1 heterocycles. The van der Waals surface area contributed by atoms with E-state index in [1.165, 1.54) is 30.5 Å². The summed E-state index contributed by atoms with van der Waals surface area (Å²) in [5, 5.41) is 12.2. The van der Waals surface area contributed by atoms with E-state index in [1.807, 2.05) is 19.2 Å². The molecule has 1 aromatic carbocycles. The molecule has 1 atom stereocenters. The molecular weight excluding hydrogens is 222 g/mol. The van der Waals surface area contributed by atoms with E-state index in [2.05, 4.69) is 29.3 Å². The fraction of sp³-hybridized carbons (Fsp3) is 0.533. The summed E-state index contributed by atoms with van der Waals surface area (Å²) in [6, 6.07) is 8.86. The molecule has 3 nitrogen and oxygen atoms in total. The average Bonchev–Trinajstić information content (AvgIpc) is 2.80. The van der Waals surface area contributed by atoms with E-state index in [1.54, 1.807) is 0 Å². The lowest BCUT2D eigenvalue weighted by molar-refractivity contribution is 0.242. The third-order valence-corrected chi connectivity index (χ3v) is 3.78. The maximum absolute atomic E-state index is 8.88. The molecule has 0 aromatic heterocycles. The fourth-order valence-corrected chi connectivity index (χ4v) is 2.73. The van der Waals surface area contributed by atoms with E-state index in [9.17, 15) is 0 Å². The summed E-state index contributed by atoms with van der Waals surface area (Å²) in [6.45, 7) is 5.35. The number of rotatable bonds is 4. The van der Waals surface area contributed by atoms with Gasteiger partial charge in [0.05, 0.1) is 11.6 Å². The highest BCUT2D eigenvalue weighted by Crippen LogP contribution is 2.21. The van der Waals surface area contributed by atoms with Gasteiger partial charge >= 0.3 is 0 Å². The Labute approximate surface area is 109 Å². The van der Waals surface area contributed by atoms with Crippen molar-refractivity contribution in [2.24, 2.45) is 0 Å². The van der Waals surface area contributed by atoms with Crippen molar-refractivity contribution in [3.05, 3.63) is 34.9 Å². The second-order valence-electron chi connectivity index (χ2n) is 5.08. The Morgan fingerprint density at radius 3 is 3.00 bits per heavy atom. The molecule has 0 radical (unpaired) electrons. The Balaban J connectivity index is 2.07. The monoisotopic (exact) mass is 243 g/mol. The van der Waals surface area contributed by atoms with Gasteiger partial charge in [0.2, 0.25) is 0 Å². The van der Waals surface area contributed by atoms with Gasteiger partial charge in [-0.25, -0.2) is 0 Å². The highest BCUT2D eigenvalue weighted by Gasteiger charge is 2.23. The molecule has 1 aliphatic rings. The normalized spacial score (nSPS) is 19.9. The van der Waals surface area contributed by atoms with Crippen molar-refractivity contribution in [1.29, 1.82) is 5.26 Å². The highest BCUT2D eigenvalue weighted by atomic mass is 15.2. The van der Waals surface area contributed by atoms with E-state index < -0.39 is 0 Å². The summed E-state index contributed by atoms with van der Waals surface area (Å²) in [6.07, 6.45) is 2.58. The molecule has 1 saturated heterocycles. The molecule has 18 heavy (non-hydrogen) atoms. The number of benzene rings is 1. The summed E-state index contributed by atoms with van der Waals surface area (Å²) in [4.78, 5) is 2.55. The van der Waals surface area contributed by atoms with Crippen molar-refractivity contribution >= 4 is 0 Å². The zero-order chi connectivity index (χ0) is 13.0. The second-order valence-corrected chi connectivity index (χ2v) is 5.08. The number of likely N-dealkylation sites (N-methyl/N-ethyl adjacent to an activating group) is 1. The van der Waals surface area contributed by atoms with Crippen LogP contribution in [0, 0.1) is 18.3 Å². The van der Waals surface area contributed by atoms with Gasteiger partial charge in [0.25, 0.3) is 0 Å². The van der Waals surface area contributed by atoms with Crippen LogP contribution in [0.3, 0.4) is 0 Å². The van der Waals surface area contributed by atoms with Crippen LogP contribution < -0.4 is 5.32 Å². The molecule has 0 saturated carbocycles. The van der Waals surface area contributed by atoms with E-state index >= 15 is 0 Å². The van der Waals surface area contributed by atoms with Crippen molar-refractivity contribution < 1.29 is 0 Å². The molecule has 0 bridgehead atoms. The number of hydrogen-bond donors (Lipinski definition) is 1. The van der Waals surface area contributed by atoms with Gasteiger partial charge < -0.3 is 5.32 Å². The first-order chi connectivity index (χ1) is 8.74. The first-order valence-electron chi connectivity index (χ1n) is 6.63. The minimum Gasteiger partial charge on any atom is -0.318 e. The zero-order valence-corrected chi connectivity index (χ0v) is 11.2. The van der Waals surface area contributed by atoms with Crippen LogP contribution in [-0.4, -0.2) is 31.1 Å². The lowest BCUT2D eigenvalue weighted by atomic mass is 10.0. The molecule has 3 heteroatoms. The predicted octanol–water partition coefficient (Wildman–Crippen LogP) is 2.05. The maximum Gasteiger partial charge on any atom is 0.0991 e. The van der Waals surface area contributed by atoms with Gasteiger partial charge in [-0.3, -0.25) is 4.90 Å². The molecular formula is C15H21N3. The Morgan fingerprint density at radius 1 is 1.50 bits per heavy atom. The van der Waals surface area contributed by atoms with Gasteiger partial charge in [-0.05, 0) is 56.6 Å². The molecule has 1 aliphatic heterocycles. The first-order valence-corrected chi connectivity index (χ1v) is 6.63. The molecule has 1 N–H and O–H groups in total. The number of likely N-dealkylation sites (tertiary alicyclic amines) is 1. The smallest absolute Gasteiger partial charge is 0.0991 e. The zero-order valence-electron chi connectivity index (χ0n) is 11.2. The topological polar surface area (TPSA) is 39.1 Å². The Bertz CT molecular complexity index is 448. The second kappa shape index (κ2) is 5.99. The number of aryl methyl sites for hydroxylation is 1. The Hall–Kier alpha value is -1.37. The molecule has 0 aliphatic carbocycles. The van der Waals surface area contributed by atoms with E-state index in [0.29, 0.717) is 6.04 Å². The summed E-state index contributed by atoms with van der Waals surface area (Å²) in [5.41, 5.74) is 3.32. The van der Waals surface area contributed by atoms with Gasteiger partial charge in [0.15, 0.2) is 0 Å². The Kier molecular flexibility index (Phi) is 4.35. The first kappa shape index (κ1) is 13.1. The van der Waals surface area contributed by atoms with Crippen LogP contribution in [0.4, 0.5) is 0 Å². The van der Waals surface area contributed by atoms with Crippen molar-refractivity contribution in [3.63, 3.8) is 0 Å². The number of hydrogen-bond acceptors (Lipinski definition) is 3. The summed E-state index contributed by atoms with van der Waals surface area (Å²) < 4.78 is 0. The third kappa shape index (κ3) is 2.90. The summed E-state index contributed by atoms with van der Waals surface area (Å²) >= 11 is 0. The highest BCUT2D eigenvalue weighted by molar-refractivity contribution is 5.37.